The van der Waals surface area contributed by atoms with Gasteiger partial charge in [-0.3, -0.25) is 4.98 Å². The van der Waals surface area contributed by atoms with Crippen LogP contribution in [-0.2, 0) is 0 Å². The lowest BCUT2D eigenvalue weighted by molar-refractivity contribution is 0.603. The molecular formula is C18H13BN2O. The standard InChI is InChI=1S/C18H13BN2O/c1-12-8-9-17-16(11-12)21-15-7-4-10-20-18(15)13-5-2-3-6-14(13)19(21)22-17/h2-11H,1H3. The minimum atomic E-state index is -0.107. The van der Waals surface area contributed by atoms with Crippen LogP contribution in [0.1, 0.15) is 5.56 Å². The Bertz CT molecular complexity index is 909. The summed E-state index contributed by atoms with van der Waals surface area (Å²) in [5.74, 6) is 0.933. The van der Waals surface area contributed by atoms with Gasteiger partial charge in [0.05, 0.1) is 17.1 Å². The highest BCUT2D eigenvalue weighted by Gasteiger charge is 2.45. The first-order chi connectivity index (χ1) is 10.8. The number of nitrogens with zero attached hydrogens (tertiary/aromatic N) is 2. The molecule has 0 aliphatic carbocycles. The second kappa shape index (κ2) is 4.13. The molecule has 3 aromatic rings. The van der Waals surface area contributed by atoms with Gasteiger partial charge in [-0.25, -0.2) is 0 Å². The highest BCUT2D eigenvalue weighted by Crippen LogP contribution is 2.46. The second-order valence-corrected chi connectivity index (χ2v) is 5.77. The van der Waals surface area contributed by atoms with Crippen molar-refractivity contribution in [2.45, 2.75) is 6.92 Å². The molecule has 22 heavy (non-hydrogen) atoms. The Morgan fingerprint density at radius 1 is 1.00 bits per heavy atom. The fraction of sp³-hybridized carbons (Fsp3) is 0.0556. The SMILES string of the molecule is Cc1ccc2c(c1)N1B(O2)c2ccccc2-c2ncccc21. The number of rotatable bonds is 0. The lowest BCUT2D eigenvalue weighted by Gasteiger charge is -2.30. The van der Waals surface area contributed by atoms with Gasteiger partial charge in [-0.15, -0.1) is 0 Å². The molecule has 2 aliphatic rings. The summed E-state index contributed by atoms with van der Waals surface area (Å²) >= 11 is 0. The molecule has 2 aliphatic heterocycles. The number of benzene rings is 2. The molecule has 0 unspecified atom stereocenters. The summed E-state index contributed by atoms with van der Waals surface area (Å²) in [6.45, 7) is 2.11. The molecule has 0 saturated heterocycles. The lowest BCUT2D eigenvalue weighted by Crippen LogP contribution is -2.50. The van der Waals surface area contributed by atoms with Crippen LogP contribution in [-0.4, -0.2) is 12.0 Å². The van der Waals surface area contributed by atoms with Gasteiger partial charge in [0.2, 0.25) is 0 Å². The average Bonchev–Trinajstić information content (AvgIpc) is 2.94. The first-order valence-electron chi connectivity index (χ1n) is 7.44. The van der Waals surface area contributed by atoms with Crippen molar-refractivity contribution in [3.63, 3.8) is 0 Å². The number of aryl methyl sites for hydroxylation is 1. The molecule has 0 saturated carbocycles. The molecule has 0 amide bonds. The van der Waals surface area contributed by atoms with Gasteiger partial charge < -0.3 is 9.47 Å². The van der Waals surface area contributed by atoms with Gasteiger partial charge in [0, 0.05) is 11.8 Å². The van der Waals surface area contributed by atoms with Crippen LogP contribution in [0.25, 0.3) is 11.3 Å². The highest BCUT2D eigenvalue weighted by molar-refractivity contribution is 6.77. The van der Waals surface area contributed by atoms with Crippen molar-refractivity contribution in [1.29, 1.82) is 0 Å². The molecule has 0 N–H and O–H groups in total. The Balaban J connectivity index is 1.84. The van der Waals surface area contributed by atoms with Crippen LogP contribution in [0, 0.1) is 6.92 Å². The Morgan fingerprint density at radius 2 is 1.91 bits per heavy atom. The maximum atomic E-state index is 6.25. The van der Waals surface area contributed by atoms with Crippen molar-refractivity contribution in [2.24, 2.45) is 0 Å². The summed E-state index contributed by atoms with van der Waals surface area (Å²) < 4.78 is 6.25. The van der Waals surface area contributed by atoms with Crippen molar-refractivity contribution < 1.29 is 4.65 Å². The predicted octanol–water partition coefficient (Wildman–Crippen LogP) is 3.30. The van der Waals surface area contributed by atoms with E-state index in [1.807, 2.05) is 12.3 Å². The van der Waals surface area contributed by atoms with Gasteiger partial charge in [-0.1, -0.05) is 30.3 Å². The Labute approximate surface area is 129 Å². The van der Waals surface area contributed by atoms with E-state index in [4.69, 9.17) is 4.65 Å². The fourth-order valence-corrected chi connectivity index (χ4v) is 3.40. The first-order valence-corrected chi connectivity index (χ1v) is 7.44. The molecule has 5 rings (SSSR count). The third-order valence-electron chi connectivity index (χ3n) is 4.37. The van der Waals surface area contributed by atoms with Crippen LogP contribution in [0.4, 0.5) is 11.4 Å². The minimum absolute atomic E-state index is 0.107. The van der Waals surface area contributed by atoms with E-state index < -0.39 is 0 Å². The van der Waals surface area contributed by atoms with E-state index in [0.29, 0.717) is 0 Å². The quantitative estimate of drug-likeness (QED) is 0.592. The largest absolute Gasteiger partial charge is 0.536 e. The normalized spacial score (nSPS) is 13.9. The van der Waals surface area contributed by atoms with Gasteiger partial charge in [-0.05, 0) is 42.2 Å². The van der Waals surface area contributed by atoms with E-state index in [0.717, 1.165) is 28.4 Å². The van der Waals surface area contributed by atoms with E-state index in [1.54, 1.807) is 0 Å². The van der Waals surface area contributed by atoms with Crippen molar-refractivity contribution >= 4 is 23.9 Å². The molecule has 1 aromatic heterocycles. The molecular weight excluding hydrogens is 271 g/mol. The number of anilines is 2. The maximum Gasteiger partial charge on any atom is 0.525 e. The lowest BCUT2D eigenvalue weighted by atomic mass is 9.65. The van der Waals surface area contributed by atoms with Crippen LogP contribution < -0.4 is 14.9 Å². The molecule has 2 aromatic carbocycles. The second-order valence-electron chi connectivity index (χ2n) is 5.77. The van der Waals surface area contributed by atoms with Gasteiger partial charge in [0.25, 0.3) is 0 Å². The number of fused-ring (bicyclic) bond motifs is 8. The monoisotopic (exact) mass is 284 g/mol. The Morgan fingerprint density at radius 3 is 2.86 bits per heavy atom. The van der Waals surface area contributed by atoms with Crippen LogP contribution in [0.15, 0.2) is 60.8 Å². The molecule has 3 heterocycles. The highest BCUT2D eigenvalue weighted by atomic mass is 16.5. The Hall–Kier alpha value is -2.75. The van der Waals surface area contributed by atoms with Crippen molar-refractivity contribution in [3.8, 4) is 17.0 Å². The topological polar surface area (TPSA) is 25.4 Å². The van der Waals surface area contributed by atoms with Crippen LogP contribution >= 0.6 is 0 Å². The van der Waals surface area contributed by atoms with E-state index >= 15 is 0 Å². The van der Waals surface area contributed by atoms with Gasteiger partial charge in [0.1, 0.15) is 5.75 Å². The summed E-state index contributed by atoms with van der Waals surface area (Å²) in [7, 11) is -0.107. The molecule has 0 bridgehead atoms. The molecule has 3 nitrogen and oxygen atoms in total. The Kier molecular flexibility index (Phi) is 2.23. The maximum absolute atomic E-state index is 6.25. The molecule has 0 spiro atoms. The van der Waals surface area contributed by atoms with Crippen LogP contribution in [0.2, 0.25) is 0 Å². The number of hydrogen-bond donors (Lipinski definition) is 0. The third-order valence-corrected chi connectivity index (χ3v) is 4.37. The van der Waals surface area contributed by atoms with E-state index in [-0.39, 0.29) is 7.05 Å². The van der Waals surface area contributed by atoms with E-state index in [2.05, 4.69) is 65.2 Å². The summed E-state index contributed by atoms with van der Waals surface area (Å²) in [6.07, 6.45) is 1.85. The molecule has 0 atom stereocenters. The zero-order chi connectivity index (χ0) is 14.7. The number of aromatic nitrogens is 1. The zero-order valence-corrected chi connectivity index (χ0v) is 12.2. The molecule has 104 valence electrons. The van der Waals surface area contributed by atoms with Gasteiger partial charge >= 0.3 is 7.05 Å². The van der Waals surface area contributed by atoms with Crippen molar-refractivity contribution in [3.05, 3.63) is 66.4 Å². The van der Waals surface area contributed by atoms with Crippen molar-refractivity contribution in [1.82, 2.24) is 4.98 Å². The molecule has 0 radical (unpaired) electrons. The number of pyridine rings is 1. The first kappa shape index (κ1) is 11.9. The van der Waals surface area contributed by atoms with Crippen LogP contribution in [0.5, 0.6) is 5.75 Å². The summed E-state index contributed by atoms with van der Waals surface area (Å²) in [5, 5.41) is 0. The average molecular weight is 284 g/mol. The molecule has 0 fully saturated rings. The summed E-state index contributed by atoms with van der Waals surface area (Å²) in [6, 6.07) is 18.8. The smallest absolute Gasteiger partial charge is 0.525 e. The van der Waals surface area contributed by atoms with E-state index in [1.165, 1.54) is 11.0 Å². The third kappa shape index (κ3) is 1.44. The van der Waals surface area contributed by atoms with Gasteiger partial charge in [0.15, 0.2) is 0 Å². The van der Waals surface area contributed by atoms with Gasteiger partial charge in [-0.2, -0.15) is 0 Å². The van der Waals surface area contributed by atoms with E-state index in [9.17, 15) is 0 Å². The van der Waals surface area contributed by atoms with Crippen molar-refractivity contribution in [2.75, 3.05) is 4.81 Å². The summed E-state index contributed by atoms with van der Waals surface area (Å²) in [5.41, 5.74) is 6.80. The molecule has 4 heteroatoms. The summed E-state index contributed by atoms with van der Waals surface area (Å²) in [4.78, 5) is 6.88. The number of hydrogen-bond acceptors (Lipinski definition) is 3. The fourth-order valence-electron chi connectivity index (χ4n) is 3.40. The predicted molar refractivity (Wildman–Crippen MR) is 89.0 cm³/mol. The minimum Gasteiger partial charge on any atom is -0.536 e. The zero-order valence-electron chi connectivity index (χ0n) is 12.2. The van der Waals surface area contributed by atoms with Crippen LogP contribution in [0.3, 0.4) is 0 Å².